The fourth-order valence-corrected chi connectivity index (χ4v) is 1.45. The molecule has 0 unspecified atom stereocenters. The highest BCUT2D eigenvalue weighted by molar-refractivity contribution is 9.10. The number of Topliss-reactive ketones (excluding diaryl/α,β-unsaturated/α-hetero) is 1. The second-order valence-corrected chi connectivity index (χ2v) is 5.64. The van der Waals surface area contributed by atoms with Crippen molar-refractivity contribution in [3.05, 3.63) is 23.8 Å². The zero-order valence-electron chi connectivity index (χ0n) is 8.87. The van der Waals surface area contributed by atoms with Crippen LogP contribution < -0.4 is 4.74 Å². The monoisotopic (exact) mass is 272 g/mol. The highest BCUT2D eigenvalue weighted by atomic mass is 79.9. The summed E-state index contributed by atoms with van der Waals surface area (Å²) < 4.78 is 4.33. The molecule has 82 valence electrons. The third-order valence-corrected chi connectivity index (χ3v) is 2.34. The van der Waals surface area contributed by atoms with Gasteiger partial charge in [-0.25, -0.2) is 0 Å². The first kappa shape index (κ1) is 12.0. The Kier molecular flexibility index (Phi) is 3.39. The molecule has 15 heavy (non-hydrogen) atoms. The molecule has 0 bridgehead atoms. The van der Waals surface area contributed by atoms with Gasteiger partial charge in [0.2, 0.25) is 0 Å². The zero-order chi connectivity index (χ0) is 11.6. The molecule has 0 spiro atoms. The summed E-state index contributed by atoms with van der Waals surface area (Å²) in [4.78, 5) is 12.0. The predicted molar refractivity (Wildman–Crippen MR) is 62.0 cm³/mol. The summed E-state index contributed by atoms with van der Waals surface area (Å²) in [6, 6.07) is 4.73. The summed E-state index contributed by atoms with van der Waals surface area (Å²) in [5.41, 5.74) is 0.374. The molecule has 1 rings (SSSR count). The van der Waals surface area contributed by atoms with E-state index in [1.807, 2.05) is 0 Å². The van der Waals surface area contributed by atoms with Crippen molar-refractivity contribution >= 4 is 21.7 Å². The smallest absolute Gasteiger partial charge is 0.182 e. The molecule has 0 aromatic heterocycles. The molecule has 3 nitrogen and oxygen atoms in total. The van der Waals surface area contributed by atoms with Crippen molar-refractivity contribution in [1.29, 1.82) is 0 Å². The van der Waals surface area contributed by atoms with Crippen LogP contribution in [0, 0.1) is 0 Å². The highest BCUT2D eigenvalue weighted by Crippen LogP contribution is 2.33. The van der Waals surface area contributed by atoms with Gasteiger partial charge < -0.3 is 9.84 Å². The number of para-hydroxylation sites is 1. The lowest BCUT2D eigenvalue weighted by atomic mass is 10.00. The molecule has 0 aliphatic carbocycles. The standard InChI is InChI=1S/C11H13BrO3/c1-11(2,12)10(14)7-5-4-6-8(13)9(7)15-3/h4-6,13H,1-3H3. The van der Waals surface area contributed by atoms with Crippen LogP contribution in [0.25, 0.3) is 0 Å². The van der Waals surface area contributed by atoms with Crippen LogP contribution in [0.3, 0.4) is 0 Å². The Morgan fingerprint density at radius 3 is 2.53 bits per heavy atom. The summed E-state index contributed by atoms with van der Waals surface area (Å²) >= 11 is 3.28. The van der Waals surface area contributed by atoms with Gasteiger partial charge in [0.15, 0.2) is 17.3 Å². The Morgan fingerprint density at radius 1 is 1.47 bits per heavy atom. The van der Waals surface area contributed by atoms with E-state index in [0.717, 1.165) is 0 Å². The van der Waals surface area contributed by atoms with Gasteiger partial charge in [-0.3, -0.25) is 4.79 Å². The normalized spacial score (nSPS) is 11.2. The van der Waals surface area contributed by atoms with Crippen molar-refractivity contribution in [2.24, 2.45) is 0 Å². The molecule has 1 aromatic carbocycles. The zero-order valence-corrected chi connectivity index (χ0v) is 10.5. The third-order valence-electron chi connectivity index (χ3n) is 1.98. The number of rotatable bonds is 3. The summed E-state index contributed by atoms with van der Waals surface area (Å²) in [5.74, 6) is 0.0605. The fraction of sp³-hybridized carbons (Fsp3) is 0.364. The van der Waals surface area contributed by atoms with Gasteiger partial charge >= 0.3 is 0 Å². The van der Waals surface area contributed by atoms with Crippen LogP contribution in [0.15, 0.2) is 18.2 Å². The maximum atomic E-state index is 12.0. The van der Waals surface area contributed by atoms with E-state index in [1.54, 1.807) is 26.0 Å². The number of hydrogen-bond donors (Lipinski definition) is 1. The molecule has 0 aliphatic rings. The molecule has 1 N–H and O–H groups in total. The van der Waals surface area contributed by atoms with E-state index in [0.29, 0.717) is 5.56 Å². The topological polar surface area (TPSA) is 46.5 Å². The number of phenolic OH excluding ortho intramolecular Hbond substituents is 1. The number of phenols is 1. The maximum absolute atomic E-state index is 12.0. The molecule has 0 saturated heterocycles. The minimum atomic E-state index is -0.673. The van der Waals surface area contributed by atoms with Gasteiger partial charge in [-0.2, -0.15) is 0 Å². The van der Waals surface area contributed by atoms with Crippen LogP contribution in [-0.2, 0) is 0 Å². The molecular weight excluding hydrogens is 260 g/mol. The number of carbonyl (C=O) groups is 1. The molecule has 1 aromatic rings. The molecule has 0 radical (unpaired) electrons. The highest BCUT2D eigenvalue weighted by Gasteiger charge is 2.28. The Bertz CT molecular complexity index is 380. The van der Waals surface area contributed by atoms with E-state index in [9.17, 15) is 9.90 Å². The fourth-order valence-electron chi connectivity index (χ4n) is 1.24. The van der Waals surface area contributed by atoms with Crippen LogP contribution in [-0.4, -0.2) is 22.3 Å². The third kappa shape index (κ3) is 2.50. The number of benzene rings is 1. The van der Waals surface area contributed by atoms with Crippen molar-refractivity contribution in [3.63, 3.8) is 0 Å². The lowest BCUT2D eigenvalue weighted by Gasteiger charge is -2.17. The number of halogens is 1. The van der Waals surface area contributed by atoms with E-state index < -0.39 is 4.32 Å². The number of carbonyl (C=O) groups excluding carboxylic acids is 1. The minimum Gasteiger partial charge on any atom is -0.504 e. The van der Waals surface area contributed by atoms with Gasteiger partial charge in [0, 0.05) is 0 Å². The second-order valence-electron chi connectivity index (χ2n) is 3.66. The summed E-state index contributed by atoms with van der Waals surface area (Å²) in [6.07, 6.45) is 0. The molecule has 0 aliphatic heterocycles. The van der Waals surface area contributed by atoms with Crippen molar-refractivity contribution in [1.82, 2.24) is 0 Å². The van der Waals surface area contributed by atoms with Crippen LogP contribution in [0.4, 0.5) is 0 Å². The molecule has 4 heteroatoms. The molecule has 0 amide bonds. The largest absolute Gasteiger partial charge is 0.504 e. The minimum absolute atomic E-state index is 0.0277. The second kappa shape index (κ2) is 4.23. The first-order chi connectivity index (χ1) is 6.88. The van der Waals surface area contributed by atoms with Gasteiger partial charge in [0.05, 0.1) is 17.0 Å². The van der Waals surface area contributed by atoms with Crippen molar-refractivity contribution < 1.29 is 14.6 Å². The van der Waals surface area contributed by atoms with E-state index in [4.69, 9.17) is 4.74 Å². The number of alkyl halides is 1. The number of methoxy groups -OCH3 is 1. The SMILES string of the molecule is COc1c(O)cccc1C(=O)C(C)(C)Br. The Labute approximate surface area is 97.2 Å². The van der Waals surface area contributed by atoms with Crippen LogP contribution in [0.1, 0.15) is 24.2 Å². The van der Waals surface area contributed by atoms with Crippen LogP contribution in [0.2, 0.25) is 0 Å². The first-order valence-corrected chi connectivity index (χ1v) is 5.27. The van der Waals surface area contributed by atoms with Crippen molar-refractivity contribution in [3.8, 4) is 11.5 Å². The molecular formula is C11H13BrO3. The van der Waals surface area contributed by atoms with E-state index in [-0.39, 0.29) is 17.3 Å². The maximum Gasteiger partial charge on any atom is 0.182 e. The molecule has 0 heterocycles. The van der Waals surface area contributed by atoms with Crippen molar-refractivity contribution in [2.75, 3.05) is 7.11 Å². The van der Waals surface area contributed by atoms with Gasteiger partial charge in [-0.15, -0.1) is 0 Å². The van der Waals surface area contributed by atoms with Gasteiger partial charge in [-0.1, -0.05) is 22.0 Å². The number of ether oxygens (including phenoxy) is 1. The Hall–Kier alpha value is -1.03. The van der Waals surface area contributed by atoms with Crippen molar-refractivity contribution in [2.45, 2.75) is 18.2 Å². The van der Waals surface area contributed by atoms with E-state index >= 15 is 0 Å². The van der Waals surface area contributed by atoms with E-state index in [1.165, 1.54) is 13.2 Å². The summed E-state index contributed by atoms with van der Waals surface area (Å²) in [5, 5.41) is 9.51. The molecule has 0 saturated carbocycles. The summed E-state index contributed by atoms with van der Waals surface area (Å²) in [7, 11) is 1.42. The van der Waals surface area contributed by atoms with Gasteiger partial charge in [0.1, 0.15) is 0 Å². The number of hydrogen-bond acceptors (Lipinski definition) is 3. The van der Waals surface area contributed by atoms with E-state index in [2.05, 4.69) is 15.9 Å². The molecule has 0 fully saturated rings. The number of ketones is 1. The van der Waals surface area contributed by atoms with Gasteiger partial charge in [-0.05, 0) is 26.0 Å². The Morgan fingerprint density at radius 2 is 2.07 bits per heavy atom. The lowest BCUT2D eigenvalue weighted by molar-refractivity contribution is 0.0957. The predicted octanol–water partition coefficient (Wildman–Crippen LogP) is 2.76. The van der Waals surface area contributed by atoms with Crippen LogP contribution in [0.5, 0.6) is 11.5 Å². The summed E-state index contributed by atoms with van der Waals surface area (Å²) in [6.45, 7) is 3.50. The number of aromatic hydroxyl groups is 1. The first-order valence-electron chi connectivity index (χ1n) is 4.47. The Balaban J connectivity index is 3.26. The quantitative estimate of drug-likeness (QED) is 0.680. The average Bonchev–Trinajstić information content (AvgIpc) is 2.14. The van der Waals surface area contributed by atoms with Gasteiger partial charge in [0.25, 0.3) is 0 Å². The molecule has 0 atom stereocenters. The average molecular weight is 273 g/mol. The van der Waals surface area contributed by atoms with Crippen LogP contribution >= 0.6 is 15.9 Å². The lowest BCUT2D eigenvalue weighted by Crippen LogP contribution is -2.24.